The van der Waals surface area contributed by atoms with Crippen molar-refractivity contribution in [2.24, 2.45) is 11.8 Å². The summed E-state index contributed by atoms with van der Waals surface area (Å²) in [4.78, 5) is 41.0. The van der Waals surface area contributed by atoms with Crippen LogP contribution in [0.25, 0.3) is 0 Å². The van der Waals surface area contributed by atoms with Crippen molar-refractivity contribution in [1.82, 2.24) is 15.5 Å². The van der Waals surface area contributed by atoms with Gasteiger partial charge in [0.25, 0.3) is 0 Å². The second-order valence-electron chi connectivity index (χ2n) is 8.33. The Balaban J connectivity index is 1.91. The van der Waals surface area contributed by atoms with E-state index in [0.717, 1.165) is 25.7 Å². The quantitative estimate of drug-likeness (QED) is 0.490. The molecule has 0 radical (unpaired) electrons. The molecule has 3 N–H and O–H groups in total. The van der Waals surface area contributed by atoms with Crippen molar-refractivity contribution in [1.29, 1.82) is 0 Å². The number of aliphatic hydroxyl groups is 1. The van der Waals surface area contributed by atoms with Crippen molar-refractivity contribution in [3.8, 4) is 0 Å². The number of nitrogens with one attached hydrogen (secondary N) is 2. The molecule has 0 aromatic heterocycles. The highest BCUT2D eigenvalue weighted by atomic mass is 32.2. The summed E-state index contributed by atoms with van der Waals surface area (Å²) in [5.41, 5.74) is 0. The number of hydrogen-bond acceptors (Lipinski definition) is 5. The van der Waals surface area contributed by atoms with Gasteiger partial charge in [-0.05, 0) is 39.0 Å². The summed E-state index contributed by atoms with van der Waals surface area (Å²) in [5.74, 6) is -1.03. The maximum atomic E-state index is 13.4. The zero-order valence-electron chi connectivity index (χ0n) is 17.1. The highest BCUT2D eigenvalue weighted by molar-refractivity contribution is 8.02. The number of rotatable bonds is 9. The van der Waals surface area contributed by atoms with Crippen LogP contribution in [0.15, 0.2) is 0 Å². The van der Waals surface area contributed by atoms with Crippen LogP contribution in [0.2, 0.25) is 0 Å². The Kier molecular flexibility index (Phi) is 6.59. The summed E-state index contributed by atoms with van der Waals surface area (Å²) >= 11 is 1.69. The van der Waals surface area contributed by atoms with E-state index in [0.29, 0.717) is 19.4 Å². The molecular weight excluding hydrogens is 378 g/mol. The van der Waals surface area contributed by atoms with Crippen LogP contribution in [-0.4, -0.2) is 70.0 Å². The number of amides is 3. The first kappa shape index (κ1) is 21.4. The van der Waals surface area contributed by atoms with E-state index in [1.165, 1.54) is 0 Å². The van der Waals surface area contributed by atoms with Crippen LogP contribution in [-0.2, 0) is 14.4 Å². The van der Waals surface area contributed by atoms with Gasteiger partial charge in [-0.1, -0.05) is 13.3 Å². The monoisotopic (exact) mass is 411 g/mol. The third-order valence-electron chi connectivity index (χ3n) is 6.52. The van der Waals surface area contributed by atoms with E-state index in [9.17, 15) is 14.4 Å². The molecule has 0 saturated carbocycles. The average molecular weight is 412 g/mol. The number of likely N-dealkylation sites (tertiary alicyclic amines) is 1. The lowest BCUT2D eigenvalue weighted by atomic mass is 9.70. The number of aliphatic hydroxyl groups excluding tert-OH is 1. The summed E-state index contributed by atoms with van der Waals surface area (Å²) < 4.78 is -0.506. The van der Waals surface area contributed by atoms with Crippen molar-refractivity contribution in [3.63, 3.8) is 0 Å². The molecule has 28 heavy (non-hydrogen) atoms. The Hall–Kier alpha value is -1.28. The van der Waals surface area contributed by atoms with Crippen LogP contribution in [0.5, 0.6) is 0 Å². The molecular formula is C20H33N3O4S. The van der Waals surface area contributed by atoms with Crippen LogP contribution in [0.3, 0.4) is 0 Å². The lowest BCUT2D eigenvalue weighted by Gasteiger charge is -2.34. The summed E-state index contributed by atoms with van der Waals surface area (Å²) in [6, 6.07) is -0.478. The molecule has 7 nitrogen and oxygen atoms in total. The number of fused-ring (bicyclic) bond motifs is 1. The standard InChI is InChI=1S/C20H33N3O4S/c1-4-7-12(2)22-18(26)16-20-9-8-13(28-20)14(17(25)21-3)15(20)19(27)23(16)10-5-6-11-24/h12-16,24H,4-11H2,1-3H3,(H,21,25)(H,22,26)/t12?,13-,14+,15-,16?,20?/m0/s1. The van der Waals surface area contributed by atoms with Crippen molar-refractivity contribution in [2.75, 3.05) is 20.2 Å². The van der Waals surface area contributed by atoms with E-state index in [1.54, 1.807) is 23.7 Å². The van der Waals surface area contributed by atoms with Gasteiger partial charge >= 0.3 is 0 Å². The smallest absolute Gasteiger partial charge is 0.244 e. The predicted molar refractivity (Wildman–Crippen MR) is 109 cm³/mol. The van der Waals surface area contributed by atoms with E-state index < -0.39 is 16.7 Å². The number of thioether (sulfide) groups is 1. The molecule has 3 saturated heterocycles. The first-order valence-corrected chi connectivity index (χ1v) is 11.4. The second-order valence-corrected chi connectivity index (χ2v) is 9.93. The molecule has 3 unspecified atom stereocenters. The third-order valence-corrected chi connectivity index (χ3v) is 8.47. The number of nitrogens with zero attached hydrogens (tertiary/aromatic N) is 1. The van der Waals surface area contributed by atoms with Crippen LogP contribution in [0.1, 0.15) is 52.4 Å². The molecule has 0 aromatic rings. The maximum Gasteiger partial charge on any atom is 0.244 e. The van der Waals surface area contributed by atoms with Gasteiger partial charge in [0.1, 0.15) is 6.04 Å². The zero-order chi connectivity index (χ0) is 20.5. The Morgan fingerprint density at radius 2 is 2.11 bits per heavy atom. The van der Waals surface area contributed by atoms with E-state index in [2.05, 4.69) is 17.6 Å². The molecule has 0 aromatic carbocycles. The Bertz CT molecular complexity index is 631. The van der Waals surface area contributed by atoms with Crippen LogP contribution in [0, 0.1) is 11.8 Å². The van der Waals surface area contributed by atoms with Crippen molar-refractivity contribution in [3.05, 3.63) is 0 Å². The highest BCUT2D eigenvalue weighted by Crippen LogP contribution is 2.66. The Labute approximate surface area is 171 Å². The number of hydrogen-bond donors (Lipinski definition) is 3. The predicted octanol–water partition coefficient (Wildman–Crippen LogP) is 0.901. The van der Waals surface area contributed by atoms with E-state index in [-0.39, 0.29) is 41.5 Å². The lowest BCUT2D eigenvalue weighted by molar-refractivity contribution is -0.140. The van der Waals surface area contributed by atoms with Gasteiger partial charge in [0.05, 0.1) is 16.6 Å². The van der Waals surface area contributed by atoms with Gasteiger partial charge in [0, 0.05) is 31.5 Å². The largest absolute Gasteiger partial charge is 0.396 e. The lowest BCUT2D eigenvalue weighted by Crippen LogP contribution is -2.55. The normalized spacial score (nSPS) is 34.4. The molecule has 3 aliphatic heterocycles. The molecule has 6 atom stereocenters. The van der Waals surface area contributed by atoms with Crippen molar-refractivity contribution >= 4 is 29.5 Å². The first-order chi connectivity index (χ1) is 13.4. The number of carbonyl (C=O) groups excluding carboxylic acids is 3. The van der Waals surface area contributed by atoms with Gasteiger partial charge in [-0.2, -0.15) is 0 Å². The van der Waals surface area contributed by atoms with Crippen LogP contribution < -0.4 is 10.6 Å². The maximum absolute atomic E-state index is 13.4. The Morgan fingerprint density at radius 1 is 1.36 bits per heavy atom. The van der Waals surface area contributed by atoms with E-state index in [1.807, 2.05) is 6.92 Å². The summed E-state index contributed by atoms with van der Waals surface area (Å²) in [7, 11) is 1.61. The minimum absolute atomic E-state index is 0.0562. The first-order valence-electron chi connectivity index (χ1n) is 10.5. The number of carbonyl (C=O) groups is 3. The molecule has 0 aliphatic carbocycles. The fourth-order valence-corrected chi connectivity index (χ4v) is 7.60. The molecule has 8 heteroatoms. The summed E-state index contributed by atoms with van der Waals surface area (Å²) in [6.45, 7) is 4.60. The second kappa shape index (κ2) is 8.61. The van der Waals surface area contributed by atoms with Gasteiger partial charge < -0.3 is 20.6 Å². The molecule has 1 spiro atoms. The van der Waals surface area contributed by atoms with Crippen LogP contribution >= 0.6 is 11.8 Å². The molecule has 3 fully saturated rings. The van der Waals surface area contributed by atoms with Gasteiger partial charge in [-0.3, -0.25) is 14.4 Å². The van der Waals surface area contributed by atoms with Gasteiger partial charge in [-0.15, -0.1) is 11.8 Å². The van der Waals surface area contributed by atoms with Crippen molar-refractivity contribution in [2.45, 2.75) is 74.5 Å². The van der Waals surface area contributed by atoms with Crippen molar-refractivity contribution < 1.29 is 19.5 Å². The molecule has 3 aliphatic rings. The fraction of sp³-hybridized carbons (Fsp3) is 0.850. The van der Waals surface area contributed by atoms with E-state index >= 15 is 0 Å². The topological polar surface area (TPSA) is 98.7 Å². The molecule has 3 rings (SSSR count). The third kappa shape index (κ3) is 3.43. The molecule has 158 valence electrons. The molecule has 3 amide bonds. The zero-order valence-corrected chi connectivity index (χ0v) is 17.9. The van der Waals surface area contributed by atoms with Gasteiger partial charge in [0.2, 0.25) is 17.7 Å². The fourth-order valence-electron chi connectivity index (χ4n) is 5.38. The minimum Gasteiger partial charge on any atom is -0.396 e. The molecule has 3 heterocycles. The number of unbranched alkanes of at least 4 members (excludes halogenated alkanes) is 1. The highest BCUT2D eigenvalue weighted by Gasteiger charge is 2.73. The SMILES string of the molecule is CCCC(C)NC(=O)C1N(CCCCO)C(=O)[C@@H]2[C@H](C(=O)NC)[C@@H]3CCC12S3. The summed E-state index contributed by atoms with van der Waals surface area (Å²) in [5, 5.41) is 15.1. The van der Waals surface area contributed by atoms with Crippen LogP contribution in [0.4, 0.5) is 0 Å². The molecule has 2 bridgehead atoms. The van der Waals surface area contributed by atoms with Gasteiger partial charge in [-0.25, -0.2) is 0 Å². The van der Waals surface area contributed by atoms with Gasteiger partial charge in [0.15, 0.2) is 0 Å². The van der Waals surface area contributed by atoms with E-state index in [4.69, 9.17) is 5.11 Å². The minimum atomic E-state index is -0.535. The average Bonchev–Trinajstić information content (AvgIpc) is 3.29. The Morgan fingerprint density at radius 3 is 2.75 bits per heavy atom. The summed E-state index contributed by atoms with van der Waals surface area (Å²) in [6.07, 6.45) is 4.78.